The van der Waals surface area contributed by atoms with Crippen LogP contribution in [0, 0.1) is 0 Å². The second-order valence-electron chi connectivity index (χ2n) is 5.74. The smallest absolute Gasteiger partial charge is 0.404 e. The summed E-state index contributed by atoms with van der Waals surface area (Å²) in [5.74, 6) is -1.99. The summed E-state index contributed by atoms with van der Waals surface area (Å²) in [5, 5.41) is 11.5. The van der Waals surface area contributed by atoms with Crippen LogP contribution in [0.5, 0.6) is 0 Å². The number of carboxylic acids is 1. The first-order valence-corrected chi connectivity index (χ1v) is 9.08. The molecule has 12 heteroatoms. The van der Waals surface area contributed by atoms with E-state index in [4.69, 9.17) is 5.73 Å². The van der Waals surface area contributed by atoms with E-state index in [9.17, 15) is 29.1 Å². The third-order valence-electron chi connectivity index (χ3n) is 3.94. The molecule has 0 unspecified atom stereocenters. The van der Waals surface area contributed by atoms with E-state index < -0.39 is 29.4 Å². The highest BCUT2D eigenvalue weighted by Crippen LogP contribution is 2.40. The number of fused-ring (bicyclic) bond motifs is 1. The van der Waals surface area contributed by atoms with Gasteiger partial charge < -0.3 is 25.6 Å². The Morgan fingerprint density at radius 2 is 2.11 bits per heavy atom. The van der Waals surface area contributed by atoms with Crippen LogP contribution in [0.3, 0.4) is 0 Å². The van der Waals surface area contributed by atoms with E-state index in [0.29, 0.717) is 19.3 Å². The fourth-order valence-corrected chi connectivity index (χ4v) is 4.04. The van der Waals surface area contributed by atoms with E-state index in [2.05, 4.69) is 14.8 Å². The van der Waals surface area contributed by atoms with Crippen molar-refractivity contribution in [2.75, 3.05) is 19.0 Å². The number of aliphatic carboxylic acids is 1. The van der Waals surface area contributed by atoms with E-state index in [-0.39, 0.29) is 42.6 Å². The molecule has 1 saturated heterocycles. The number of hydrogen-bond acceptors (Lipinski definition) is 8. The first-order chi connectivity index (χ1) is 12.9. The zero-order valence-electron chi connectivity index (χ0n) is 14.2. The van der Waals surface area contributed by atoms with Gasteiger partial charge in [0.25, 0.3) is 12.4 Å². The molecule has 0 aliphatic carbocycles. The van der Waals surface area contributed by atoms with Gasteiger partial charge in [-0.2, -0.15) is 0 Å². The Hall–Kier alpha value is -2.76. The number of amides is 3. The lowest BCUT2D eigenvalue weighted by atomic mass is 10.0. The molecule has 0 aromatic heterocycles. The highest BCUT2D eigenvalue weighted by molar-refractivity contribution is 8.00. The Balaban J connectivity index is 1.94. The van der Waals surface area contributed by atoms with Crippen molar-refractivity contribution in [2.24, 2.45) is 5.73 Å². The third-order valence-corrected chi connectivity index (χ3v) is 5.28. The molecule has 4 N–H and O–H groups in total. The molecule has 0 saturated carbocycles. The van der Waals surface area contributed by atoms with Crippen molar-refractivity contribution in [3.63, 3.8) is 0 Å². The van der Waals surface area contributed by atoms with Gasteiger partial charge in [0.1, 0.15) is 23.7 Å². The van der Waals surface area contributed by atoms with E-state index in [1.54, 1.807) is 0 Å². The maximum absolute atomic E-state index is 12.4. The average molecular weight is 401 g/mol. The maximum atomic E-state index is 12.4. The number of carbonyl (C=O) groups excluding carboxylic acids is 4. The molecular weight excluding hydrogens is 382 g/mol. The van der Waals surface area contributed by atoms with Crippen LogP contribution in [0.2, 0.25) is 0 Å². The largest absolute Gasteiger partial charge is 0.477 e. The molecule has 2 heterocycles. The Morgan fingerprint density at radius 3 is 2.74 bits per heavy atom. The first kappa shape index (κ1) is 20.6. The molecule has 27 heavy (non-hydrogen) atoms. The van der Waals surface area contributed by atoms with Crippen molar-refractivity contribution in [3.8, 4) is 0 Å². The van der Waals surface area contributed by atoms with Crippen LogP contribution in [0.25, 0.3) is 0 Å². The summed E-state index contributed by atoms with van der Waals surface area (Å²) in [6, 6.07) is -0.818. The number of ether oxygens (including phenoxy) is 2. The van der Waals surface area contributed by atoms with Crippen LogP contribution in [-0.4, -0.2) is 70.7 Å². The SMILES string of the molecule is NC(=O)OCC1=C(C(=O)O)N2C(=O)[C@@H](NC(=O)CCCCOC=O)[C@H]2SC1. The summed E-state index contributed by atoms with van der Waals surface area (Å²) in [7, 11) is 0. The summed E-state index contributed by atoms with van der Waals surface area (Å²) in [6.07, 6.45) is 0.113. The Kier molecular flexibility index (Phi) is 7.05. The van der Waals surface area contributed by atoms with Crippen molar-refractivity contribution in [1.82, 2.24) is 10.2 Å². The average Bonchev–Trinajstić information content (AvgIpc) is 2.63. The molecule has 2 atom stereocenters. The fourth-order valence-electron chi connectivity index (χ4n) is 2.72. The predicted octanol–water partition coefficient (Wildman–Crippen LogP) is -0.836. The van der Waals surface area contributed by atoms with Crippen LogP contribution < -0.4 is 11.1 Å². The number of nitrogens with one attached hydrogen (secondary N) is 1. The number of thioether (sulfide) groups is 1. The minimum atomic E-state index is -1.32. The standard InChI is InChI=1S/C15H19N3O8S/c16-15(24)26-5-8-6-27-13-10(12(21)18(13)11(8)14(22)23)17-9(20)3-1-2-4-25-7-19/h7,10,13H,1-6H2,(H2,16,24)(H,17,20)(H,22,23)/t10-,13-/m1/s1. The summed E-state index contributed by atoms with van der Waals surface area (Å²) in [6.45, 7) is 0.229. The lowest BCUT2D eigenvalue weighted by molar-refractivity contribution is -0.150. The van der Waals surface area contributed by atoms with Gasteiger partial charge in [0.05, 0.1) is 6.61 Å². The zero-order chi connectivity index (χ0) is 20.0. The van der Waals surface area contributed by atoms with Crippen LogP contribution in [0.15, 0.2) is 11.3 Å². The molecule has 2 aliphatic rings. The molecule has 0 aromatic carbocycles. The summed E-state index contributed by atoms with van der Waals surface area (Å²) >= 11 is 1.26. The van der Waals surface area contributed by atoms with Gasteiger partial charge in [0, 0.05) is 17.7 Å². The van der Waals surface area contributed by atoms with E-state index in [1.165, 1.54) is 11.8 Å². The monoisotopic (exact) mass is 401 g/mol. The number of primary amides is 1. The van der Waals surface area contributed by atoms with Gasteiger partial charge in [-0.05, 0) is 12.8 Å². The number of hydrogen-bond donors (Lipinski definition) is 3. The molecule has 3 amide bonds. The van der Waals surface area contributed by atoms with Gasteiger partial charge in [0.15, 0.2) is 0 Å². The van der Waals surface area contributed by atoms with Crippen LogP contribution in [0.1, 0.15) is 19.3 Å². The van der Waals surface area contributed by atoms with E-state index >= 15 is 0 Å². The molecule has 11 nitrogen and oxygen atoms in total. The number of β-lactam (4-membered cyclic amide) rings is 1. The van der Waals surface area contributed by atoms with Crippen molar-refractivity contribution >= 4 is 42.1 Å². The van der Waals surface area contributed by atoms with E-state index in [0.717, 1.165) is 4.90 Å². The molecular formula is C15H19N3O8S. The summed E-state index contributed by atoms with van der Waals surface area (Å²) in [5.41, 5.74) is 4.90. The van der Waals surface area contributed by atoms with Crippen LogP contribution >= 0.6 is 11.8 Å². The van der Waals surface area contributed by atoms with Gasteiger partial charge in [0.2, 0.25) is 5.91 Å². The van der Waals surface area contributed by atoms with Gasteiger partial charge >= 0.3 is 12.1 Å². The number of rotatable bonds is 10. The highest BCUT2D eigenvalue weighted by Gasteiger charge is 2.54. The minimum Gasteiger partial charge on any atom is -0.477 e. The molecule has 2 rings (SSSR count). The van der Waals surface area contributed by atoms with E-state index in [1.807, 2.05) is 0 Å². The Labute approximate surface area is 158 Å². The van der Waals surface area contributed by atoms with Gasteiger partial charge in [-0.15, -0.1) is 11.8 Å². The number of carbonyl (C=O) groups is 5. The normalized spacial score (nSPS) is 21.0. The second kappa shape index (κ2) is 9.26. The second-order valence-corrected chi connectivity index (χ2v) is 6.85. The molecule has 0 radical (unpaired) electrons. The third kappa shape index (κ3) is 4.90. The van der Waals surface area contributed by atoms with Gasteiger partial charge in [-0.25, -0.2) is 9.59 Å². The number of carboxylic acid groups (broad SMARTS) is 1. The summed E-state index contributed by atoms with van der Waals surface area (Å²) < 4.78 is 9.15. The fraction of sp³-hybridized carbons (Fsp3) is 0.533. The first-order valence-electron chi connectivity index (χ1n) is 8.03. The quantitative estimate of drug-likeness (QED) is 0.240. The van der Waals surface area contributed by atoms with Crippen molar-refractivity contribution in [2.45, 2.75) is 30.7 Å². The molecule has 0 bridgehead atoms. The zero-order valence-corrected chi connectivity index (χ0v) is 15.0. The van der Waals surface area contributed by atoms with Crippen molar-refractivity contribution in [1.29, 1.82) is 0 Å². The van der Waals surface area contributed by atoms with Crippen molar-refractivity contribution < 1.29 is 38.6 Å². The summed E-state index contributed by atoms with van der Waals surface area (Å²) in [4.78, 5) is 57.7. The predicted molar refractivity (Wildman–Crippen MR) is 91.1 cm³/mol. The Morgan fingerprint density at radius 1 is 1.37 bits per heavy atom. The number of nitrogens with zero attached hydrogens (tertiary/aromatic N) is 1. The number of unbranched alkanes of at least 4 members (excludes halogenated alkanes) is 1. The minimum absolute atomic E-state index is 0.155. The Bertz CT molecular complexity index is 680. The van der Waals surface area contributed by atoms with Crippen molar-refractivity contribution in [3.05, 3.63) is 11.3 Å². The van der Waals surface area contributed by atoms with Gasteiger partial charge in [-0.1, -0.05) is 0 Å². The van der Waals surface area contributed by atoms with Gasteiger partial charge in [-0.3, -0.25) is 19.3 Å². The maximum Gasteiger partial charge on any atom is 0.404 e. The molecule has 148 valence electrons. The number of nitrogens with two attached hydrogens (primary N) is 1. The molecule has 1 fully saturated rings. The topological polar surface area (TPSA) is 165 Å². The van der Waals surface area contributed by atoms with Crippen LogP contribution in [0.4, 0.5) is 4.79 Å². The lowest BCUT2D eigenvalue weighted by Gasteiger charge is -2.49. The molecule has 0 spiro atoms. The highest BCUT2D eigenvalue weighted by atomic mass is 32.2. The molecule has 2 aliphatic heterocycles. The van der Waals surface area contributed by atoms with Crippen LogP contribution in [-0.2, 0) is 28.7 Å². The molecule has 0 aromatic rings. The lowest BCUT2D eigenvalue weighted by Crippen LogP contribution is -2.70.